The number of nitrogens with two attached hydrogens (primary N) is 1. The molecule has 0 fully saturated rings. The Morgan fingerprint density at radius 3 is 2.94 bits per heavy atom. The van der Waals surface area contributed by atoms with Crippen LogP contribution in [0.5, 0.6) is 0 Å². The Morgan fingerprint density at radius 1 is 1.28 bits per heavy atom. The number of thiophene rings is 1. The lowest BCUT2D eigenvalue weighted by molar-refractivity contribution is 1.19. The number of nitrogens with zero attached hydrogens (tertiary/aromatic N) is 1. The van der Waals surface area contributed by atoms with Gasteiger partial charge < -0.3 is 11.1 Å². The van der Waals surface area contributed by atoms with Crippen molar-refractivity contribution < 1.29 is 0 Å². The number of hydrogen-bond donors (Lipinski definition) is 2. The quantitative estimate of drug-likeness (QED) is 0.699. The second-order valence-corrected chi connectivity index (χ2v) is 6.51. The van der Waals surface area contributed by atoms with E-state index < -0.39 is 0 Å². The molecule has 0 unspecified atom stereocenters. The number of fused-ring (bicyclic) bond motifs is 1. The lowest BCUT2D eigenvalue weighted by atomic mass is 10.2. The Hall–Kier alpha value is -1.11. The molecule has 18 heavy (non-hydrogen) atoms. The number of thiazole rings is 1. The highest BCUT2D eigenvalue weighted by atomic mass is 79.9. The Bertz CT molecular complexity index is 690. The molecule has 2 aromatic heterocycles. The van der Waals surface area contributed by atoms with Crippen LogP contribution in [0.2, 0.25) is 0 Å². The zero-order chi connectivity index (χ0) is 12.5. The van der Waals surface area contributed by atoms with Crippen LogP contribution >= 0.6 is 38.6 Å². The summed E-state index contributed by atoms with van der Waals surface area (Å²) in [5.74, 6) is 0. The summed E-state index contributed by atoms with van der Waals surface area (Å²) in [5, 5.41) is 5.42. The van der Waals surface area contributed by atoms with Crippen LogP contribution in [0.15, 0.2) is 33.6 Å². The van der Waals surface area contributed by atoms with Crippen LogP contribution in [0.3, 0.4) is 0 Å². The van der Waals surface area contributed by atoms with E-state index >= 15 is 0 Å². The zero-order valence-electron chi connectivity index (χ0n) is 9.31. The van der Waals surface area contributed by atoms with Crippen molar-refractivity contribution in [3.05, 3.63) is 38.4 Å². The molecule has 0 saturated carbocycles. The van der Waals surface area contributed by atoms with Gasteiger partial charge in [-0.3, -0.25) is 0 Å². The van der Waals surface area contributed by atoms with Crippen molar-refractivity contribution >= 4 is 60.2 Å². The van der Waals surface area contributed by atoms with Crippen molar-refractivity contribution in [1.29, 1.82) is 0 Å². The van der Waals surface area contributed by atoms with E-state index in [0.29, 0.717) is 0 Å². The minimum absolute atomic E-state index is 0.724. The first-order chi connectivity index (χ1) is 8.75. The second kappa shape index (κ2) is 4.87. The predicted molar refractivity (Wildman–Crippen MR) is 83.4 cm³/mol. The molecule has 0 amide bonds. The monoisotopic (exact) mass is 339 g/mol. The van der Waals surface area contributed by atoms with Crippen molar-refractivity contribution in [2.75, 3.05) is 11.1 Å². The fraction of sp³-hybridized carbons (Fsp3) is 0.0833. The molecule has 3 rings (SSSR count). The zero-order valence-corrected chi connectivity index (χ0v) is 12.5. The van der Waals surface area contributed by atoms with Crippen LogP contribution in [-0.2, 0) is 6.54 Å². The molecule has 3 aromatic rings. The van der Waals surface area contributed by atoms with Gasteiger partial charge in [-0.05, 0) is 39.5 Å². The van der Waals surface area contributed by atoms with Gasteiger partial charge in [0.15, 0.2) is 0 Å². The van der Waals surface area contributed by atoms with Gasteiger partial charge in [0, 0.05) is 9.35 Å². The Balaban J connectivity index is 1.86. The van der Waals surface area contributed by atoms with Crippen LogP contribution in [0.4, 0.5) is 11.4 Å². The van der Waals surface area contributed by atoms with Gasteiger partial charge in [-0.25, -0.2) is 4.98 Å². The molecule has 92 valence electrons. The van der Waals surface area contributed by atoms with Gasteiger partial charge in [-0.1, -0.05) is 0 Å². The highest BCUT2D eigenvalue weighted by molar-refractivity contribution is 9.10. The Labute approximate surface area is 121 Å². The average molecular weight is 340 g/mol. The SMILES string of the molecule is Nc1c(NCc2sccc2Br)ccc2scnc12. The van der Waals surface area contributed by atoms with E-state index in [2.05, 4.69) is 43.7 Å². The smallest absolute Gasteiger partial charge is 0.106 e. The molecule has 3 N–H and O–H groups in total. The highest BCUT2D eigenvalue weighted by Crippen LogP contribution is 2.31. The van der Waals surface area contributed by atoms with E-state index in [1.54, 1.807) is 22.7 Å². The molecule has 6 heteroatoms. The number of benzene rings is 1. The molecule has 0 saturated heterocycles. The summed E-state index contributed by atoms with van der Waals surface area (Å²) in [6.07, 6.45) is 0. The molecule has 3 nitrogen and oxygen atoms in total. The maximum atomic E-state index is 6.11. The first-order valence-electron chi connectivity index (χ1n) is 5.33. The fourth-order valence-corrected chi connectivity index (χ4v) is 3.86. The summed E-state index contributed by atoms with van der Waals surface area (Å²) in [6, 6.07) is 6.11. The molecule has 0 aliphatic heterocycles. The summed E-state index contributed by atoms with van der Waals surface area (Å²) in [5.41, 5.74) is 10.5. The second-order valence-electron chi connectivity index (χ2n) is 3.77. The lowest BCUT2D eigenvalue weighted by Gasteiger charge is -2.09. The van der Waals surface area contributed by atoms with E-state index in [-0.39, 0.29) is 0 Å². The van der Waals surface area contributed by atoms with Gasteiger partial charge >= 0.3 is 0 Å². The fourth-order valence-electron chi connectivity index (χ4n) is 1.73. The largest absolute Gasteiger partial charge is 0.395 e. The van der Waals surface area contributed by atoms with Gasteiger partial charge in [0.05, 0.1) is 28.1 Å². The molecule has 1 aromatic carbocycles. The van der Waals surface area contributed by atoms with E-state index in [9.17, 15) is 0 Å². The van der Waals surface area contributed by atoms with Crippen LogP contribution in [0.1, 0.15) is 4.88 Å². The van der Waals surface area contributed by atoms with E-state index in [0.717, 1.165) is 32.6 Å². The number of nitrogens with one attached hydrogen (secondary N) is 1. The van der Waals surface area contributed by atoms with Crippen LogP contribution < -0.4 is 11.1 Å². The highest BCUT2D eigenvalue weighted by Gasteiger charge is 2.07. The minimum atomic E-state index is 0.724. The van der Waals surface area contributed by atoms with Crippen molar-refractivity contribution in [3.8, 4) is 0 Å². The number of aromatic nitrogens is 1. The first-order valence-corrected chi connectivity index (χ1v) is 7.88. The van der Waals surface area contributed by atoms with E-state index in [1.165, 1.54) is 4.88 Å². The molecular weight excluding hydrogens is 330 g/mol. The molecular formula is C12H10BrN3S2. The standard InChI is InChI=1S/C12H10BrN3S2/c13-7-3-4-17-10(7)5-15-8-1-2-9-12(11(8)14)16-6-18-9/h1-4,6,15H,5,14H2. The molecule has 0 bridgehead atoms. The summed E-state index contributed by atoms with van der Waals surface area (Å²) < 4.78 is 2.25. The normalized spacial score (nSPS) is 10.9. The topological polar surface area (TPSA) is 50.9 Å². The summed E-state index contributed by atoms with van der Waals surface area (Å²) in [4.78, 5) is 5.55. The van der Waals surface area contributed by atoms with Gasteiger partial charge in [0.25, 0.3) is 0 Å². The molecule has 0 radical (unpaired) electrons. The first kappa shape index (κ1) is 12.0. The predicted octanol–water partition coefficient (Wildman–Crippen LogP) is 4.31. The Kier molecular flexibility index (Phi) is 3.23. The average Bonchev–Trinajstić information content (AvgIpc) is 2.98. The molecule has 2 heterocycles. The number of rotatable bonds is 3. The van der Waals surface area contributed by atoms with Crippen LogP contribution in [0, 0.1) is 0 Å². The van der Waals surface area contributed by atoms with Crippen molar-refractivity contribution in [3.63, 3.8) is 0 Å². The van der Waals surface area contributed by atoms with Crippen LogP contribution in [0.25, 0.3) is 10.2 Å². The van der Waals surface area contributed by atoms with Crippen molar-refractivity contribution in [2.45, 2.75) is 6.54 Å². The van der Waals surface area contributed by atoms with Gasteiger partial charge in [-0.2, -0.15) is 0 Å². The summed E-state index contributed by atoms with van der Waals surface area (Å²) in [6.45, 7) is 0.762. The van der Waals surface area contributed by atoms with Crippen LogP contribution in [-0.4, -0.2) is 4.98 Å². The van der Waals surface area contributed by atoms with E-state index in [1.807, 2.05) is 11.6 Å². The van der Waals surface area contributed by atoms with Gasteiger partial charge in [0.2, 0.25) is 0 Å². The molecule has 0 spiro atoms. The summed E-state index contributed by atoms with van der Waals surface area (Å²) >= 11 is 6.84. The third kappa shape index (κ3) is 2.11. The third-order valence-corrected chi connectivity index (χ3v) is 5.39. The number of anilines is 2. The third-order valence-electron chi connectivity index (χ3n) is 2.67. The lowest BCUT2D eigenvalue weighted by Crippen LogP contribution is -2.01. The minimum Gasteiger partial charge on any atom is -0.395 e. The van der Waals surface area contributed by atoms with Crippen molar-refractivity contribution in [2.24, 2.45) is 0 Å². The molecule has 0 aliphatic rings. The van der Waals surface area contributed by atoms with Crippen molar-refractivity contribution in [1.82, 2.24) is 4.98 Å². The molecule has 0 atom stereocenters. The maximum Gasteiger partial charge on any atom is 0.106 e. The number of hydrogen-bond acceptors (Lipinski definition) is 5. The Morgan fingerprint density at radius 2 is 2.17 bits per heavy atom. The summed E-state index contributed by atoms with van der Waals surface area (Å²) in [7, 11) is 0. The van der Waals surface area contributed by atoms with E-state index in [4.69, 9.17) is 5.73 Å². The van der Waals surface area contributed by atoms with Gasteiger partial charge in [0.1, 0.15) is 5.52 Å². The number of nitrogen functional groups attached to an aromatic ring is 1. The van der Waals surface area contributed by atoms with Gasteiger partial charge in [-0.15, -0.1) is 22.7 Å². The molecule has 0 aliphatic carbocycles. The number of halogens is 1. The maximum absolute atomic E-state index is 6.11.